The smallest absolute Gasteiger partial charge is 0.255 e. The van der Waals surface area contributed by atoms with Gasteiger partial charge in [0.05, 0.1) is 0 Å². The van der Waals surface area contributed by atoms with Crippen LogP contribution < -0.4 is 10.6 Å². The van der Waals surface area contributed by atoms with Crippen LogP contribution in [0.15, 0.2) is 18.2 Å². The molecule has 1 aromatic carbocycles. The summed E-state index contributed by atoms with van der Waals surface area (Å²) in [5, 5.41) is 5.35. The normalized spacial score (nSPS) is 20.7. The molecule has 21 heavy (non-hydrogen) atoms. The summed E-state index contributed by atoms with van der Waals surface area (Å²) < 4.78 is 0. The molecule has 0 aliphatic carbocycles. The summed E-state index contributed by atoms with van der Waals surface area (Å²) >= 11 is 0. The Labute approximate surface area is 128 Å². The van der Waals surface area contributed by atoms with Gasteiger partial charge in [0.15, 0.2) is 0 Å². The molecule has 112 valence electrons. The van der Waals surface area contributed by atoms with E-state index in [0.717, 1.165) is 11.3 Å². The van der Waals surface area contributed by atoms with Gasteiger partial charge in [-0.3, -0.25) is 19.7 Å². The molecule has 0 bridgehead atoms. The second-order valence-corrected chi connectivity index (χ2v) is 4.98. The molecule has 1 aromatic rings. The maximum atomic E-state index is 12.4. The molecule has 1 unspecified atom stereocenters. The van der Waals surface area contributed by atoms with Crippen molar-refractivity contribution in [3.05, 3.63) is 29.3 Å². The minimum absolute atomic E-state index is 0. The largest absolute Gasteiger partial charge is 0.388 e. The standard InChI is InChI=1S/C14H15N3O3.ClH/c1-15-10-4-2-3-8-9(10)7-17(14(8)20)11-5-6-12(18)16-13(11)19;/h2-4,11,15H,5-7H2,1H3,(H,16,18,19);1H. The number of piperidine rings is 1. The molecular formula is C14H16ClN3O3. The van der Waals surface area contributed by atoms with Crippen molar-refractivity contribution in [3.8, 4) is 0 Å². The predicted molar refractivity (Wildman–Crippen MR) is 79.3 cm³/mol. The van der Waals surface area contributed by atoms with Gasteiger partial charge in [-0.25, -0.2) is 0 Å². The van der Waals surface area contributed by atoms with E-state index in [1.165, 1.54) is 0 Å². The highest BCUT2D eigenvalue weighted by molar-refractivity contribution is 6.06. The van der Waals surface area contributed by atoms with E-state index in [1.54, 1.807) is 18.0 Å². The number of carbonyl (C=O) groups excluding carboxylic acids is 3. The summed E-state index contributed by atoms with van der Waals surface area (Å²) in [6, 6.07) is 4.93. The maximum Gasteiger partial charge on any atom is 0.255 e. The molecule has 0 spiro atoms. The van der Waals surface area contributed by atoms with Crippen molar-refractivity contribution in [1.82, 2.24) is 10.2 Å². The molecule has 2 heterocycles. The van der Waals surface area contributed by atoms with E-state index in [2.05, 4.69) is 10.6 Å². The Morgan fingerprint density at radius 2 is 2.05 bits per heavy atom. The number of hydrogen-bond acceptors (Lipinski definition) is 4. The topological polar surface area (TPSA) is 78.5 Å². The molecule has 1 saturated heterocycles. The van der Waals surface area contributed by atoms with Crippen LogP contribution in [-0.2, 0) is 16.1 Å². The van der Waals surface area contributed by atoms with Crippen LogP contribution in [0, 0.1) is 0 Å². The maximum absolute atomic E-state index is 12.4. The van der Waals surface area contributed by atoms with Crippen molar-refractivity contribution in [1.29, 1.82) is 0 Å². The summed E-state index contributed by atoms with van der Waals surface area (Å²) in [6.07, 6.45) is 0.661. The van der Waals surface area contributed by atoms with Gasteiger partial charge in [-0.2, -0.15) is 0 Å². The van der Waals surface area contributed by atoms with E-state index in [4.69, 9.17) is 0 Å². The highest BCUT2D eigenvalue weighted by Crippen LogP contribution is 2.31. The van der Waals surface area contributed by atoms with E-state index >= 15 is 0 Å². The van der Waals surface area contributed by atoms with E-state index in [0.29, 0.717) is 18.5 Å². The number of hydrogen-bond donors (Lipinski definition) is 2. The van der Waals surface area contributed by atoms with Gasteiger partial charge in [-0.15, -0.1) is 12.4 Å². The molecule has 3 rings (SSSR count). The summed E-state index contributed by atoms with van der Waals surface area (Å²) in [4.78, 5) is 37.1. The van der Waals surface area contributed by atoms with Crippen molar-refractivity contribution in [2.24, 2.45) is 0 Å². The highest BCUT2D eigenvalue weighted by atomic mass is 35.5. The molecule has 1 fully saturated rings. The number of halogens is 1. The first kappa shape index (κ1) is 15.3. The van der Waals surface area contributed by atoms with Crippen LogP contribution in [-0.4, -0.2) is 35.7 Å². The Kier molecular flexibility index (Phi) is 4.18. The first-order valence-corrected chi connectivity index (χ1v) is 6.56. The fraction of sp³-hybridized carbons (Fsp3) is 0.357. The molecule has 0 aromatic heterocycles. The summed E-state index contributed by atoms with van der Waals surface area (Å²) in [5.41, 5.74) is 2.43. The number of fused-ring (bicyclic) bond motifs is 1. The van der Waals surface area contributed by atoms with Crippen LogP contribution >= 0.6 is 12.4 Å². The van der Waals surface area contributed by atoms with E-state index in [1.807, 2.05) is 12.1 Å². The first-order chi connectivity index (χ1) is 9.61. The third-order valence-electron chi connectivity index (χ3n) is 3.85. The lowest BCUT2D eigenvalue weighted by Gasteiger charge is -2.29. The number of nitrogens with one attached hydrogen (secondary N) is 2. The zero-order valence-electron chi connectivity index (χ0n) is 11.5. The van der Waals surface area contributed by atoms with Crippen LogP contribution in [0.2, 0.25) is 0 Å². The zero-order valence-corrected chi connectivity index (χ0v) is 12.3. The second-order valence-electron chi connectivity index (χ2n) is 4.98. The molecule has 7 heteroatoms. The number of benzene rings is 1. The fourth-order valence-electron chi connectivity index (χ4n) is 2.82. The van der Waals surface area contributed by atoms with Gasteiger partial charge < -0.3 is 10.2 Å². The number of carbonyl (C=O) groups is 3. The van der Waals surface area contributed by atoms with Crippen molar-refractivity contribution in [2.45, 2.75) is 25.4 Å². The summed E-state index contributed by atoms with van der Waals surface area (Å²) in [6.45, 7) is 0.400. The van der Waals surface area contributed by atoms with E-state index < -0.39 is 6.04 Å². The number of anilines is 1. The quantitative estimate of drug-likeness (QED) is 0.796. The summed E-state index contributed by atoms with van der Waals surface area (Å²) in [7, 11) is 1.80. The molecule has 2 aliphatic heterocycles. The van der Waals surface area contributed by atoms with Gasteiger partial charge in [0.2, 0.25) is 11.8 Å². The Morgan fingerprint density at radius 1 is 1.29 bits per heavy atom. The molecule has 2 aliphatic rings. The van der Waals surface area contributed by atoms with Gasteiger partial charge in [0, 0.05) is 36.8 Å². The number of imide groups is 1. The SMILES string of the molecule is CNc1cccc2c1CN(C1CCC(=O)NC1=O)C2=O.Cl. The van der Waals surface area contributed by atoms with Crippen molar-refractivity contribution in [3.63, 3.8) is 0 Å². The number of rotatable bonds is 2. The molecule has 6 nitrogen and oxygen atoms in total. The Bertz CT molecular complexity index is 617. The lowest BCUT2D eigenvalue weighted by Crippen LogP contribution is -2.52. The molecule has 0 radical (unpaired) electrons. The third-order valence-corrected chi connectivity index (χ3v) is 3.85. The average Bonchev–Trinajstić information content (AvgIpc) is 2.76. The van der Waals surface area contributed by atoms with Gasteiger partial charge in [-0.05, 0) is 18.6 Å². The fourth-order valence-corrected chi connectivity index (χ4v) is 2.82. The first-order valence-electron chi connectivity index (χ1n) is 6.56. The lowest BCUT2D eigenvalue weighted by atomic mass is 10.0. The van der Waals surface area contributed by atoms with Crippen LogP contribution in [0.3, 0.4) is 0 Å². The highest BCUT2D eigenvalue weighted by Gasteiger charge is 2.39. The Hall–Kier alpha value is -2.08. The van der Waals surface area contributed by atoms with Crippen molar-refractivity contribution in [2.75, 3.05) is 12.4 Å². The van der Waals surface area contributed by atoms with Gasteiger partial charge in [-0.1, -0.05) is 6.07 Å². The van der Waals surface area contributed by atoms with Crippen molar-refractivity contribution < 1.29 is 14.4 Å². The van der Waals surface area contributed by atoms with Gasteiger partial charge >= 0.3 is 0 Å². The monoisotopic (exact) mass is 309 g/mol. The molecule has 2 N–H and O–H groups in total. The molecule has 3 amide bonds. The zero-order chi connectivity index (χ0) is 14.3. The Balaban J connectivity index is 0.00000161. The minimum Gasteiger partial charge on any atom is -0.388 e. The van der Waals surface area contributed by atoms with Crippen LogP contribution in [0.25, 0.3) is 0 Å². The molecule has 1 atom stereocenters. The predicted octanol–water partition coefficient (Wildman–Crippen LogP) is 0.911. The number of nitrogens with zero attached hydrogens (tertiary/aromatic N) is 1. The lowest BCUT2D eigenvalue weighted by molar-refractivity contribution is -0.136. The molecular weight excluding hydrogens is 294 g/mol. The van der Waals surface area contributed by atoms with E-state index in [9.17, 15) is 14.4 Å². The van der Waals surface area contributed by atoms with Crippen molar-refractivity contribution >= 4 is 35.8 Å². The van der Waals surface area contributed by atoms with E-state index in [-0.39, 0.29) is 36.5 Å². The summed E-state index contributed by atoms with van der Waals surface area (Å²) in [5.74, 6) is -0.800. The Morgan fingerprint density at radius 3 is 2.71 bits per heavy atom. The van der Waals surface area contributed by atoms with Crippen LogP contribution in [0.4, 0.5) is 5.69 Å². The third kappa shape index (κ3) is 2.47. The average molecular weight is 310 g/mol. The second kappa shape index (κ2) is 5.73. The van der Waals surface area contributed by atoms with Gasteiger partial charge in [0.25, 0.3) is 5.91 Å². The minimum atomic E-state index is -0.558. The van der Waals surface area contributed by atoms with Crippen LogP contribution in [0.5, 0.6) is 0 Å². The number of amides is 3. The van der Waals surface area contributed by atoms with Crippen LogP contribution in [0.1, 0.15) is 28.8 Å². The van der Waals surface area contributed by atoms with Gasteiger partial charge in [0.1, 0.15) is 6.04 Å². The molecule has 0 saturated carbocycles.